The number of azo groups is 1. The first-order valence-electron chi connectivity index (χ1n) is 6.51. The third-order valence-corrected chi connectivity index (χ3v) is 3.59. The number of nitrogens with zero attached hydrogens (tertiary/aromatic N) is 2. The number of aromatic amines is 1. The molecule has 2 aromatic carbocycles. The minimum absolute atomic E-state index is 0.0900. The zero-order valence-corrected chi connectivity index (χ0v) is 12.0. The average Bonchev–Trinajstić information content (AvgIpc) is 3.01. The van der Waals surface area contributed by atoms with Crippen LogP contribution in [0.4, 0.5) is 5.69 Å². The highest BCUT2D eigenvalue weighted by Crippen LogP contribution is 2.43. The van der Waals surface area contributed by atoms with Crippen LogP contribution in [0.5, 0.6) is 5.88 Å². The molecule has 22 heavy (non-hydrogen) atoms. The van der Waals surface area contributed by atoms with Gasteiger partial charge in [-0.05, 0) is 30.4 Å². The minimum atomic E-state index is -0.0991. The Hall–Kier alpha value is -2.93. The number of benzene rings is 2. The van der Waals surface area contributed by atoms with Gasteiger partial charge < -0.3 is 20.2 Å². The van der Waals surface area contributed by atoms with Gasteiger partial charge in [-0.2, -0.15) is 0 Å². The van der Waals surface area contributed by atoms with E-state index in [-0.39, 0.29) is 11.0 Å². The van der Waals surface area contributed by atoms with Gasteiger partial charge in [-0.25, -0.2) is 0 Å². The van der Waals surface area contributed by atoms with E-state index in [9.17, 15) is 5.11 Å². The van der Waals surface area contributed by atoms with Crippen molar-refractivity contribution in [3.05, 3.63) is 36.4 Å². The molecule has 2 aromatic heterocycles. The van der Waals surface area contributed by atoms with E-state index in [1.165, 1.54) is 0 Å². The minimum Gasteiger partial charge on any atom is -0.493 e. The van der Waals surface area contributed by atoms with Crippen LogP contribution in [-0.4, -0.2) is 15.2 Å². The molecule has 0 aliphatic heterocycles. The molecule has 108 valence electrons. The average molecular weight is 310 g/mol. The topological polar surface area (TPSA) is 99.9 Å². The quantitative estimate of drug-likeness (QED) is 0.364. The Balaban J connectivity index is 2.20. The summed E-state index contributed by atoms with van der Waals surface area (Å²) in [5.41, 5.74) is 7.84. The number of fused-ring (bicyclic) bond motifs is 5. The number of nitrogens with two attached hydrogens (primary N) is 1. The molecular weight excluding hydrogens is 300 g/mol. The fraction of sp³-hybridized carbons (Fsp3) is 0. The lowest BCUT2D eigenvalue weighted by Crippen LogP contribution is -2.01. The number of hydrogen-bond donors (Lipinski definition) is 3. The molecule has 0 aliphatic rings. The van der Waals surface area contributed by atoms with E-state index in [0.717, 1.165) is 27.3 Å². The van der Waals surface area contributed by atoms with E-state index in [1.807, 2.05) is 36.4 Å². The maximum atomic E-state index is 10.1. The van der Waals surface area contributed by atoms with Crippen LogP contribution in [-0.2, 0) is 0 Å². The predicted octanol–water partition coefficient (Wildman–Crippen LogP) is 4.10. The van der Waals surface area contributed by atoms with E-state index in [2.05, 4.69) is 15.2 Å². The van der Waals surface area contributed by atoms with Crippen LogP contribution in [0.1, 0.15) is 0 Å². The van der Waals surface area contributed by atoms with Crippen molar-refractivity contribution >= 4 is 55.9 Å². The Morgan fingerprint density at radius 1 is 1.14 bits per heavy atom. The summed E-state index contributed by atoms with van der Waals surface area (Å²) in [6.45, 7) is 0. The number of furan rings is 1. The highest BCUT2D eigenvalue weighted by molar-refractivity contribution is 7.80. The van der Waals surface area contributed by atoms with Crippen LogP contribution in [0, 0.1) is 0 Å². The van der Waals surface area contributed by atoms with Crippen LogP contribution in [0.25, 0.3) is 32.8 Å². The number of hydrogen-bond acceptors (Lipinski definition) is 4. The van der Waals surface area contributed by atoms with Crippen molar-refractivity contribution in [2.75, 3.05) is 0 Å². The van der Waals surface area contributed by atoms with E-state index in [0.29, 0.717) is 11.3 Å². The summed E-state index contributed by atoms with van der Waals surface area (Å²) in [5, 5.41) is 20.2. The fourth-order valence-electron chi connectivity index (χ4n) is 2.67. The predicted molar refractivity (Wildman–Crippen MR) is 88.5 cm³/mol. The van der Waals surface area contributed by atoms with E-state index >= 15 is 0 Å². The molecule has 0 bridgehead atoms. The fourth-order valence-corrected chi connectivity index (χ4v) is 2.71. The molecule has 0 spiro atoms. The lowest BCUT2D eigenvalue weighted by atomic mass is 10.1. The highest BCUT2D eigenvalue weighted by atomic mass is 32.1. The maximum Gasteiger partial charge on any atom is 0.218 e. The van der Waals surface area contributed by atoms with Gasteiger partial charge in [-0.3, -0.25) is 0 Å². The molecule has 0 fully saturated rings. The first-order chi connectivity index (χ1) is 10.6. The molecule has 4 aromatic rings. The second-order valence-corrected chi connectivity index (χ2v) is 5.24. The number of rotatable bonds is 1. The summed E-state index contributed by atoms with van der Waals surface area (Å²) in [6.07, 6.45) is 0. The van der Waals surface area contributed by atoms with Gasteiger partial charge in [0.25, 0.3) is 0 Å². The number of aromatic nitrogens is 1. The second kappa shape index (κ2) is 4.54. The van der Waals surface area contributed by atoms with Crippen molar-refractivity contribution in [3.8, 4) is 5.88 Å². The van der Waals surface area contributed by atoms with Crippen LogP contribution in [0.15, 0.2) is 51.0 Å². The molecule has 0 amide bonds. The second-order valence-electron chi connectivity index (χ2n) is 4.82. The molecule has 0 unspecified atom stereocenters. The largest absolute Gasteiger partial charge is 0.493 e. The Bertz CT molecular complexity index is 1080. The van der Waals surface area contributed by atoms with Gasteiger partial charge in [-0.1, -0.05) is 18.2 Å². The van der Waals surface area contributed by atoms with Gasteiger partial charge >= 0.3 is 0 Å². The van der Waals surface area contributed by atoms with Crippen molar-refractivity contribution in [2.24, 2.45) is 16.0 Å². The number of para-hydroxylation sites is 1. The first kappa shape index (κ1) is 12.8. The Morgan fingerprint density at radius 3 is 2.77 bits per heavy atom. The SMILES string of the molecule is NC(=S)N=Nc1c(O)[nH]c2ccc3oc4ccccc4c3c12. The Morgan fingerprint density at radius 2 is 1.95 bits per heavy atom. The number of thiocarbonyl (C=S) groups is 1. The third kappa shape index (κ3) is 1.76. The summed E-state index contributed by atoms with van der Waals surface area (Å²) < 4.78 is 5.83. The van der Waals surface area contributed by atoms with Crippen LogP contribution < -0.4 is 5.73 Å². The van der Waals surface area contributed by atoms with Gasteiger partial charge in [-0.15, -0.1) is 10.2 Å². The van der Waals surface area contributed by atoms with Crippen molar-refractivity contribution < 1.29 is 9.52 Å². The summed E-state index contributed by atoms with van der Waals surface area (Å²) in [4.78, 5) is 2.87. The van der Waals surface area contributed by atoms with Crippen LogP contribution >= 0.6 is 12.2 Å². The molecule has 0 radical (unpaired) electrons. The molecule has 0 atom stereocenters. The zero-order valence-electron chi connectivity index (χ0n) is 11.2. The summed E-state index contributed by atoms with van der Waals surface area (Å²) >= 11 is 4.70. The van der Waals surface area contributed by atoms with Gasteiger partial charge in [0.2, 0.25) is 11.0 Å². The van der Waals surface area contributed by atoms with Crippen LogP contribution in [0.2, 0.25) is 0 Å². The maximum absolute atomic E-state index is 10.1. The zero-order chi connectivity index (χ0) is 15.3. The Kier molecular flexibility index (Phi) is 2.64. The van der Waals surface area contributed by atoms with Gasteiger partial charge in [0.1, 0.15) is 11.2 Å². The molecular formula is C15H10N4O2S. The van der Waals surface area contributed by atoms with Crippen LogP contribution in [0.3, 0.4) is 0 Å². The lowest BCUT2D eigenvalue weighted by molar-refractivity contribution is 0.459. The van der Waals surface area contributed by atoms with Crippen molar-refractivity contribution in [1.82, 2.24) is 4.98 Å². The molecule has 0 saturated carbocycles. The van der Waals surface area contributed by atoms with E-state index < -0.39 is 0 Å². The number of aromatic hydroxyl groups is 1. The smallest absolute Gasteiger partial charge is 0.218 e. The number of nitrogens with one attached hydrogen (secondary N) is 1. The monoisotopic (exact) mass is 310 g/mol. The first-order valence-corrected chi connectivity index (χ1v) is 6.92. The van der Waals surface area contributed by atoms with Gasteiger partial charge in [0.15, 0.2) is 5.69 Å². The molecule has 0 aliphatic carbocycles. The van der Waals surface area contributed by atoms with Crippen molar-refractivity contribution in [1.29, 1.82) is 0 Å². The van der Waals surface area contributed by atoms with Crippen molar-refractivity contribution in [3.63, 3.8) is 0 Å². The summed E-state index contributed by atoms with van der Waals surface area (Å²) in [7, 11) is 0. The highest BCUT2D eigenvalue weighted by Gasteiger charge is 2.18. The summed E-state index contributed by atoms with van der Waals surface area (Å²) in [5.74, 6) is -0.0900. The standard InChI is InChI=1S/C15H10N4O2S/c16-15(22)19-18-13-12-8(17-14(13)20)5-6-10-11(12)7-3-1-2-4-9(7)21-10/h1-6,17,20H,(H2,16,22). The molecule has 4 rings (SSSR count). The Labute approximate surface area is 129 Å². The number of H-pyrrole nitrogens is 1. The van der Waals surface area contributed by atoms with Gasteiger partial charge in [0, 0.05) is 16.2 Å². The molecule has 6 nitrogen and oxygen atoms in total. The van der Waals surface area contributed by atoms with E-state index in [1.54, 1.807) is 0 Å². The molecule has 4 N–H and O–H groups in total. The van der Waals surface area contributed by atoms with Crippen molar-refractivity contribution in [2.45, 2.75) is 0 Å². The molecule has 0 saturated heterocycles. The van der Waals surface area contributed by atoms with E-state index in [4.69, 9.17) is 22.4 Å². The third-order valence-electron chi connectivity index (χ3n) is 3.51. The molecule has 2 heterocycles. The summed E-state index contributed by atoms with van der Waals surface area (Å²) in [6, 6.07) is 11.4. The lowest BCUT2D eigenvalue weighted by Gasteiger charge is -1.95. The van der Waals surface area contributed by atoms with Gasteiger partial charge in [0.05, 0.1) is 5.52 Å². The normalized spacial score (nSPS) is 12.0. The molecule has 7 heteroatoms.